The second kappa shape index (κ2) is 3.37. The van der Waals surface area contributed by atoms with Crippen LogP contribution < -0.4 is 11.1 Å². The lowest BCUT2D eigenvalue weighted by molar-refractivity contribution is 0.462. The van der Waals surface area contributed by atoms with Gasteiger partial charge in [-0.2, -0.15) is 0 Å². The van der Waals surface area contributed by atoms with E-state index in [2.05, 4.69) is 43.4 Å². The molecule has 0 unspecified atom stereocenters. The summed E-state index contributed by atoms with van der Waals surface area (Å²) in [5, 5.41) is 3.35. The van der Waals surface area contributed by atoms with Gasteiger partial charge in [0.25, 0.3) is 0 Å². The average molecular weight is 190 g/mol. The van der Waals surface area contributed by atoms with Crippen molar-refractivity contribution in [2.45, 2.75) is 25.3 Å². The zero-order chi connectivity index (χ0) is 10.2. The van der Waals surface area contributed by atoms with Gasteiger partial charge >= 0.3 is 0 Å². The van der Waals surface area contributed by atoms with E-state index in [-0.39, 0.29) is 5.54 Å². The summed E-state index contributed by atoms with van der Waals surface area (Å²) in [6.45, 7) is 6.14. The first-order valence-corrected chi connectivity index (χ1v) is 5.16. The average Bonchev–Trinajstić information content (AvgIpc) is 2.47. The highest BCUT2D eigenvalue weighted by atomic mass is 15.0. The van der Waals surface area contributed by atoms with Crippen LogP contribution in [-0.4, -0.2) is 18.6 Å². The van der Waals surface area contributed by atoms with Crippen LogP contribution in [0.2, 0.25) is 0 Å². The smallest absolute Gasteiger partial charge is 0.0333 e. The maximum Gasteiger partial charge on any atom is 0.0333 e. The van der Waals surface area contributed by atoms with Crippen LogP contribution in [0.15, 0.2) is 24.3 Å². The monoisotopic (exact) mass is 190 g/mol. The van der Waals surface area contributed by atoms with Gasteiger partial charge in [0.1, 0.15) is 0 Å². The van der Waals surface area contributed by atoms with E-state index in [1.54, 1.807) is 0 Å². The summed E-state index contributed by atoms with van der Waals surface area (Å²) in [5.74, 6) is 0.447. The Hall–Kier alpha value is -0.860. The molecular weight excluding hydrogens is 172 g/mol. The number of hydrogen-bond acceptors (Lipinski definition) is 2. The van der Waals surface area contributed by atoms with E-state index in [0.29, 0.717) is 5.92 Å². The number of nitrogens with one attached hydrogen (secondary N) is 1. The molecule has 0 radical (unpaired) electrons. The van der Waals surface area contributed by atoms with Crippen LogP contribution in [0.25, 0.3) is 0 Å². The Bertz CT molecular complexity index is 314. The van der Waals surface area contributed by atoms with Crippen LogP contribution in [0.3, 0.4) is 0 Å². The third kappa shape index (κ3) is 1.68. The molecule has 1 aromatic rings. The van der Waals surface area contributed by atoms with E-state index in [1.165, 1.54) is 11.1 Å². The zero-order valence-corrected chi connectivity index (χ0v) is 8.88. The normalized spacial score (nSPS) is 32.1. The molecule has 0 spiro atoms. The fourth-order valence-electron chi connectivity index (χ4n) is 2.14. The fourth-order valence-corrected chi connectivity index (χ4v) is 2.14. The van der Waals surface area contributed by atoms with Gasteiger partial charge in [0.2, 0.25) is 0 Å². The first kappa shape index (κ1) is 9.69. The van der Waals surface area contributed by atoms with Crippen LogP contribution in [0.5, 0.6) is 0 Å². The van der Waals surface area contributed by atoms with Crippen molar-refractivity contribution in [3.05, 3.63) is 35.4 Å². The third-order valence-corrected chi connectivity index (χ3v) is 3.13. The van der Waals surface area contributed by atoms with E-state index < -0.39 is 0 Å². The maximum absolute atomic E-state index is 6.23. The molecule has 14 heavy (non-hydrogen) atoms. The molecule has 0 bridgehead atoms. The summed E-state index contributed by atoms with van der Waals surface area (Å²) in [6, 6.07) is 8.70. The Balaban J connectivity index is 2.27. The molecule has 1 aliphatic rings. The molecule has 0 aromatic heterocycles. The van der Waals surface area contributed by atoms with E-state index in [1.807, 2.05) is 0 Å². The van der Waals surface area contributed by atoms with Crippen molar-refractivity contribution in [3.8, 4) is 0 Å². The molecule has 76 valence electrons. The van der Waals surface area contributed by atoms with Crippen LogP contribution in [-0.2, 0) is 0 Å². The molecule has 1 saturated heterocycles. The van der Waals surface area contributed by atoms with Crippen molar-refractivity contribution in [2.75, 3.05) is 13.1 Å². The van der Waals surface area contributed by atoms with Crippen molar-refractivity contribution in [1.82, 2.24) is 5.32 Å². The maximum atomic E-state index is 6.23. The summed E-state index contributed by atoms with van der Waals surface area (Å²) in [7, 11) is 0. The van der Waals surface area contributed by atoms with Gasteiger partial charge in [-0.1, -0.05) is 29.8 Å². The largest absolute Gasteiger partial charge is 0.324 e. The zero-order valence-electron chi connectivity index (χ0n) is 8.88. The lowest BCUT2D eigenvalue weighted by atomic mass is 9.84. The molecule has 2 rings (SSSR count). The minimum atomic E-state index is -0.102. The number of hydrogen-bond donors (Lipinski definition) is 2. The fraction of sp³-hybridized carbons (Fsp3) is 0.500. The third-order valence-electron chi connectivity index (χ3n) is 3.13. The molecule has 2 nitrogen and oxygen atoms in total. The van der Waals surface area contributed by atoms with E-state index >= 15 is 0 Å². The SMILES string of the molecule is Cc1ccc([C@@H]2CNC[C@@]2(C)N)cc1. The summed E-state index contributed by atoms with van der Waals surface area (Å²) in [6.07, 6.45) is 0. The second-order valence-electron chi connectivity index (χ2n) is 4.60. The molecule has 2 atom stereocenters. The van der Waals surface area contributed by atoms with Crippen molar-refractivity contribution < 1.29 is 0 Å². The van der Waals surface area contributed by atoms with Gasteiger partial charge in [0, 0.05) is 24.5 Å². The van der Waals surface area contributed by atoms with E-state index in [0.717, 1.165) is 13.1 Å². The highest BCUT2D eigenvalue weighted by Gasteiger charge is 2.35. The Morgan fingerprint density at radius 1 is 1.36 bits per heavy atom. The van der Waals surface area contributed by atoms with Crippen molar-refractivity contribution in [2.24, 2.45) is 5.73 Å². The summed E-state index contributed by atoms with van der Waals surface area (Å²) < 4.78 is 0. The van der Waals surface area contributed by atoms with Gasteiger partial charge in [0.05, 0.1) is 0 Å². The number of benzene rings is 1. The number of rotatable bonds is 1. The van der Waals surface area contributed by atoms with Crippen LogP contribution in [0.4, 0.5) is 0 Å². The van der Waals surface area contributed by atoms with Crippen LogP contribution >= 0.6 is 0 Å². The van der Waals surface area contributed by atoms with E-state index in [9.17, 15) is 0 Å². The molecule has 1 heterocycles. The van der Waals surface area contributed by atoms with Gasteiger partial charge in [0.15, 0.2) is 0 Å². The quantitative estimate of drug-likeness (QED) is 0.702. The molecule has 0 aliphatic carbocycles. The van der Waals surface area contributed by atoms with Gasteiger partial charge in [-0.3, -0.25) is 0 Å². The Morgan fingerprint density at radius 3 is 2.50 bits per heavy atom. The van der Waals surface area contributed by atoms with Crippen molar-refractivity contribution >= 4 is 0 Å². The highest BCUT2D eigenvalue weighted by molar-refractivity contribution is 5.29. The minimum Gasteiger partial charge on any atom is -0.324 e. The highest BCUT2D eigenvalue weighted by Crippen LogP contribution is 2.29. The topological polar surface area (TPSA) is 38.0 Å². The lowest BCUT2D eigenvalue weighted by Gasteiger charge is -2.26. The number of aryl methyl sites for hydroxylation is 1. The molecular formula is C12H18N2. The van der Waals surface area contributed by atoms with Crippen LogP contribution in [0.1, 0.15) is 24.0 Å². The molecule has 1 aromatic carbocycles. The van der Waals surface area contributed by atoms with Gasteiger partial charge in [-0.05, 0) is 19.4 Å². The Morgan fingerprint density at radius 2 is 2.00 bits per heavy atom. The number of nitrogens with two attached hydrogens (primary N) is 1. The molecule has 0 amide bonds. The van der Waals surface area contributed by atoms with E-state index in [4.69, 9.17) is 5.73 Å². The van der Waals surface area contributed by atoms with Crippen molar-refractivity contribution in [3.63, 3.8) is 0 Å². The molecule has 1 aliphatic heterocycles. The molecule has 3 N–H and O–H groups in total. The molecule has 2 heteroatoms. The predicted octanol–water partition coefficient (Wildman–Crippen LogP) is 1.40. The summed E-state index contributed by atoms with van der Waals surface area (Å²) in [4.78, 5) is 0. The minimum absolute atomic E-state index is 0.102. The molecule has 0 saturated carbocycles. The Kier molecular flexibility index (Phi) is 2.33. The van der Waals surface area contributed by atoms with Gasteiger partial charge in [-0.15, -0.1) is 0 Å². The predicted molar refractivity (Wildman–Crippen MR) is 59.4 cm³/mol. The standard InChI is InChI=1S/C12H18N2/c1-9-3-5-10(6-4-9)11-7-14-8-12(11,2)13/h3-6,11,14H,7-8,13H2,1-2H3/t11-,12+/m0/s1. The molecule has 1 fully saturated rings. The summed E-state index contributed by atoms with van der Waals surface area (Å²) >= 11 is 0. The first-order chi connectivity index (χ1) is 6.59. The van der Waals surface area contributed by atoms with Gasteiger partial charge in [-0.25, -0.2) is 0 Å². The second-order valence-corrected chi connectivity index (χ2v) is 4.60. The van der Waals surface area contributed by atoms with Crippen molar-refractivity contribution in [1.29, 1.82) is 0 Å². The van der Waals surface area contributed by atoms with Gasteiger partial charge < -0.3 is 11.1 Å². The Labute approximate surface area is 85.5 Å². The van der Waals surface area contributed by atoms with Crippen LogP contribution in [0, 0.1) is 6.92 Å². The summed E-state index contributed by atoms with van der Waals surface area (Å²) in [5.41, 5.74) is 8.78. The lowest BCUT2D eigenvalue weighted by Crippen LogP contribution is -2.42. The first-order valence-electron chi connectivity index (χ1n) is 5.16.